The molecular formula is C12H12Cl2N2O2. The molecule has 2 rings (SSSR count). The molecule has 6 heteroatoms. The summed E-state index contributed by atoms with van der Waals surface area (Å²) < 4.78 is 0. The van der Waals surface area contributed by atoms with E-state index in [4.69, 9.17) is 23.2 Å². The maximum absolute atomic E-state index is 11.8. The van der Waals surface area contributed by atoms with Gasteiger partial charge in [0.05, 0.1) is 17.3 Å². The zero-order chi connectivity index (χ0) is 13.1. The van der Waals surface area contributed by atoms with E-state index in [0.29, 0.717) is 28.7 Å². The van der Waals surface area contributed by atoms with Crippen LogP contribution in [0.3, 0.4) is 0 Å². The summed E-state index contributed by atoms with van der Waals surface area (Å²) in [7, 11) is 0. The van der Waals surface area contributed by atoms with Crippen molar-refractivity contribution in [3.8, 4) is 0 Å². The number of nitrogens with one attached hydrogen (secondary N) is 1. The first kappa shape index (κ1) is 13.2. The number of hydrogen-bond donors (Lipinski definition) is 1. The van der Waals surface area contributed by atoms with Crippen LogP contribution < -0.4 is 5.32 Å². The summed E-state index contributed by atoms with van der Waals surface area (Å²) in [6.07, 6.45) is 1.33. The molecule has 2 amide bonds. The molecule has 1 saturated heterocycles. The molecule has 1 aromatic carbocycles. The second kappa shape index (κ2) is 5.59. The number of likely N-dealkylation sites (tertiary alicyclic amines) is 1. The number of benzene rings is 1. The normalized spacial score (nSPS) is 15.0. The van der Waals surface area contributed by atoms with Crippen molar-refractivity contribution in [3.63, 3.8) is 0 Å². The summed E-state index contributed by atoms with van der Waals surface area (Å²) in [5.74, 6) is -0.253. The molecule has 1 fully saturated rings. The second-order valence-corrected chi connectivity index (χ2v) is 4.93. The summed E-state index contributed by atoms with van der Waals surface area (Å²) in [6, 6.07) is 4.83. The lowest BCUT2D eigenvalue weighted by Crippen LogP contribution is -2.34. The summed E-state index contributed by atoms with van der Waals surface area (Å²) in [6.45, 7) is 0.692. The Balaban J connectivity index is 1.98. The van der Waals surface area contributed by atoms with E-state index in [2.05, 4.69) is 5.32 Å². The molecule has 0 spiro atoms. The van der Waals surface area contributed by atoms with Crippen molar-refractivity contribution in [2.45, 2.75) is 12.8 Å². The lowest BCUT2D eigenvalue weighted by Gasteiger charge is -2.15. The molecule has 0 bridgehead atoms. The summed E-state index contributed by atoms with van der Waals surface area (Å²) in [4.78, 5) is 24.7. The van der Waals surface area contributed by atoms with Crippen molar-refractivity contribution in [2.24, 2.45) is 0 Å². The Labute approximate surface area is 115 Å². The van der Waals surface area contributed by atoms with Crippen LogP contribution in [-0.4, -0.2) is 29.8 Å². The number of halogens is 2. The first-order valence-electron chi connectivity index (χ1n) is 5.59. The van der Waals surface area contributed by atoms with Gasteiger partial charge in [-0.15, -0.1) is 0 Å². The van der Waals surface area contributed by atoms with Crippen molar-refractivity contribution < 1.29 is 9.59 Å². The van der Waals surface area contributed by atoms with Crippen molar-refractivity contribution in [1.82, 2.24) is 4.90 Å². The summed E-state index contributed by atoms with van der Waals surface area (Å²) in [5, 5.41) is 3.56. The molecule has 0 radical (unpaired) electrons. The molecule has 1 aliphatic rings. The Morgan fingerprint density at radius 3 is 2.83 bits per heavy atom. The Morgan fingerprint density at radius 1 is 1.39 bits per heavy atom. The minimum absolute atomic E-state index is 0.0161. The lowest BCUT2D eigenvalue weighted by atomic mass is 10.3. The number of rotatable bonds is 3. The van der Waals surface area contributed by atoms with Gasteiger partial charge in [-0.05, 0) is 24.6 Å². The first-order valence-corrected chi connectivity index (χ1v) is 6.34. The van der Waals surface area contributed by atoms with Gasteiger partial charge < -0.3 is 10.2 Å². The maximum atomic E-state index is 11.8. The molecule has 0 aromatic heterocycles. The highest BCUT2D eigenvalue weighted by Crippen LogP contribution is 2.25. The van der Waals surface area contributed by atoms with E-state index in [-0.39, 0.29) is 18.4 Å². The van der Waals surface area contributed by atoms with E-state index in [1.165, 1.54) is 4.90 Å². The fourth-order valence-electron chi connectivity index (χ4n) is 1.83. The molecule has 18 heavy (non-hydrogen) atoms. The highest BCUT2D eigenvalue weighted by Gasteiger charge is 2.22. The quantitative estimate of drug-likeness (QED) is 0.928. The van der Waals surface area contributed by atoms with Gasteiger partial charge in [-0.25, -0.2) is 0 Å². The number of carbonyl (C=O) groups excluding carboxylic acids is 2. The molecule has 1 N–H and O–H groups in total. The molecule has 0 aliphatic carbocycles. The van der Waals surface area contributed by atoms with Crippen molar-refractivity contribution in [2.75, 3.05) is 18.4 Å². The Morgan fingerprint density at radius 2 is 2.17 bits per heavy atom. The number of carbonyl (C=O) groups is 2. The van der Waals surface area contributed by atoms with Crippen molar-refractivity contribution >= 4 is 40.7 Å². The highest BCUT2D eigenvalue weighted by atomic mass is 35.5. The monoisotopic (exact) mass is 286 g/mol. The minimum atomic E-state index is -0.269. The predicted octanol–water partition coefficient (Wildman–Crippen LogP) is 2.55. The first-order chi connectivity index (χ1) is 8.56. The number of hydrogen-bond acceptors (Lipinski definition) is 2. The van der Waals surface area contributed by atoms with Crippen LogP contribution in [0.4, 0.5) is 5.69 Å². The van der Waals surface area contributed by atoms with Crippen LogP contribution in [0.2, 0.25) is 10.0 Å². The van der Waals surface area contributed by atoms with Crippen molar-refractivity contribution in [1.29, 1.82) is 0 Å². The third-order valence-corrected chi connectivity index (χ3v) is 3.27. The number of amides is 2. The standard InChI is InChI=1S/C12H12Cl2N2O2/c13-8-3-4-9(14)10(6-8)15-11(17)7-16-5-1-2-12(16)18/h3-4,6H,1-2,5,7H2,(H,15,17). The Bertz CT molecular complexity index is 491. The predicted molar refractivity (Wildman–Crippen MR) is 70.9 cm³/mol. The molecule has 1 heterocycles. The molecule has 0 unspecified atom stereocenters. The van der Waals surface area contributed by atoms with Crippen LogP contribution in [0.15, 0.2) is 18.2 Å². The summed E-state index contributed by atoms with van der Waals surface area (Å²) in [5.41, 5.74) is 0.459. The van der Waals surface area contributed by atoms with E-state index in [1.54, 1.807) is 18.2 Å². The summed E-state index contributed by atoms with van der Waals surface area (Å²) >= 11 is 11.8. The SMILES string of the molecule is O=C(CN1CCCC1=O)Nc1cc(Cl)ccc1Cl. The van der Waals surface area contributed by atoms with Gasteiger partial charge in [-0.1, -0.05) is 23.2 Å². The fraction of sp³-hybridized carbons (Fsp3) is 0.333. The zero-order valence-corrected chi connectivity index (χ0v) is 11.1. The van der Waals surface area contributed by atoms with Gasteiger partial charge in [0.15, 0.2) is 0 Å². The molecule has 4 nitrogen and oxygen atoms in total. The molecule has 1 aromatic rings. The van der Waals surface area contributed by atoms with E-state index >= 15 is 0 Å². The van der Waals surface area contributed by atoms with Gasteiger partial charge >= 0.3 is 0 Å². The highest BCUT2D eigenvalue weighted by molar-refractivity contribution is 6.35. The van der Waals surface area contributed by atoms with Gasteiger partial charge in [0.1, 0.15) is 0 Å². The van der Waals surface area contributed by atoms with Crippen molar-refractivity contribution in [3.05, 3.63) is 28.2 Å². The average molecular weight is 287 g/mol. The minimum Gasteiger partial charge on any atom is -0.333 e. The zero-order valence-electron chi connectivity index (χ0n) is 9.58. The third-order valence-electron chi connectivity index (χ3n) is 2.71. The smallest absolute Gasteiger partial charge is 0.244 e. The van der Waals surface area contributed by atoms with Crippen LogP contribution in [0.25, 0.3) is 0 Å². The van der Waals surface area contributed by atoms with Crippen LogP contribution in [-0.2, 0) is 9.59 Å². The Hall–Kier alpha value is -1.26. The van der Waals surface area contributed by atoms with E-state index in [9.17, 15) is 9.59 Å². The van der Waals surface area contributed by atoms with Crippen LogP contribution >= 0.6 is 23.2 Å². The lowest BCUT2D eigenvalue weighted by molar-refractivity contribution is -0.131. The van der Waals surface area contributed by atoms with Crippen LogP contribution in [0.5, 0.6) is 0 Å². The molecule has 96 valence electrons. The third kappa shape index (κ3) is 3.15. The molecule has 0 saturated carbocycles. The average Bonchev–Trinajstić information content (AvgIpc) is 2.70. The molecule has 1 aliphatic heterocycles. The maximum Gasteiger partial charge on any atom is 0.244 e. The van der Waals surface area contributed by atoms with Crippen LogP contribution in [0, 0.1) is 0 Å². The molecular weight excluding hydrogens is 275 g/mol. The number of anilines is 1. The largest absolute Gasteiger partial charge is 0.333 e. The van der Waals surface area contributed by atoms with Gasteiger partial charge in [0.2, 0.25) is 11.8 Å². The van der Waals surface area contributed by atoms with Gasteiger partial charge in [-0.3, -0.25) is 9.59 Å². The number of nitrogens with zero attached hydrogens (tertiary/aromatic N) is 1. The Kier molecular flexibility index (Phi) is 4.09. The van der Waals surface area contributed by atoms with Gasteiger partial charge in [-0.2, -0.15) is 0 Å². The van der Waals surface area contributed by atoms with Gasteiger partial charge in [0.25, 0.3) is 0 Å². The van der Waals surface area contributed by atoms with E-state index in [0.717, 1.165) is 6.42 Å². The van der Waals surface area contributed by atoms with Crippen LogP contribution in [0.1, 0.15) is 12.8 Å². The van der Waals surface area contributed by atoms with Gasteiger partial charge in [0, 0.05) is 18.0 Å². The fourth-order valence-corrected chi connectivity index (χ4v) is 2.16. The topological polar surface area (TPSA) is 49.4 Å². The second-order valence-electron chi connectivity index (χ2n) is 4.09. The van der Waals surface area contributed by atoms with E-state index in [1.807, 2.05) is 0 Å². The van der Waals surface area contributed by atoms with E-state index < -0.39 is 0 Å². The molecule has 0 atom stereocenters.